The van der Waals surface area contributed by atoms with E-state index in [1.54, 1.807) is 22.7 Å². The molecule has 1 saturated heterocycles. The maximum Gasteiger partial charge on any atom is 0.259 e. The zero-order valence-corrected chi connectivity index (χ0v) is 19.9. The number of nitrogens with zero attached hydrogens (tertiary/aromatic N) is 6. The SMILES string of the molecule is Cc1noc2nc(-c3cccs3)cc(C(=O)N3CCN(Cc4nc(-c5cccs5)no4)CC3)c12. The molecular weight excluding hydrogens is 472 g/mol. The van der Waals surface area contributed by atoms with Crippen molar-refractivity contribution in [2.24, 2.45) is 0 Å². The highest BCUT2D eigenvalue weighted by molar-refractivity contribution is 7.13. The highest BCUT2D eigenvalue weighted by Gasteiger charge is 2.27. The van der Waals surface area contributed by atoms with Gasteiger partial charge in [0.1, 0.15) is 0 Å². The minimum absolute atomic E-state index is 0.0334. The van der Waals surface area contributed by atoms with Crippen LogP contribution in [0.3, 0.4) is 0 Å². The second-order valence-corrected chi connectivity index (χ2v) is 9.93. The normalized spacial score (nSPS) is 14.8. The van der Waals surface area contributed by atoms with E-state index in [0.29, 0.717) is 53.7 Å². The molecule has 0 spiro atoms. The minimum Gasteiger partial charge on any atom is -0.338 e. The lowest BCUT2D eigenvalue weighted by atomic mass is 10.1. The Morgan fingerprint density at radius 1 is 1.00 bits per heavy atom. The van der Waals surface area contributed by atoms with Gasteiger partial charge < -0.3 is 13.9 Å². The number of aromatic nitrogens is 4. The van der Waals surface area contributed by atoms with Crippen molar-refractivity contribution in [2.75, 3.05) is 26.2 Å². The standard InChI is InChI=1S/C23H20N6O3S2/c1-14-20-15(12-16(17-4-2-10-33-17)24-22(20)32-26-14)23(30)29-8-6-28(7-9-29)13-19-25-21(27-31-19)18-5-3-11-34-18/h2-5,10-12H,6-9,13H2,1H3. The zero-order chi connectivity index (χ0) is 23.1. The predicted molar refractivity (Wildman–Crippen MR) is 129 cm³/mol. The Morgan fingerprint density at radius 2 is 1.76 bits per heavy atom. The molecule has 172 valence electrons. The number of amides is 1. The number of hydrogen-bond donors (Lipinski definition) is 0. The van der Waals surface area contributed by atoms with Crippen molar-refractivity contribution < 1.29 is 13.8 Å². The highest BCUT2D eigenvalue weighted by atomic mass is 32.1. The molecule has 0 aromatic carbocycles. The second kappa shape index (κ2) is 8.75. The topological polar surface area (TPSA) is 101 Å². The maximum absolute atomic E-state index is 13.6. The fourth-order valence-corrected chi connectivity index (χ4v) is 5.44. The van der Waals surface area contributed by atoms with E-state index >= 15 is 0 Å². The quantitative estimate of drug-likeness (QED) is 0.357. The Kier molecular flexibility index (Phi) is 5.44. The van der Waals surface area contributed by atoms with Gasteiger partial charge in [-0.1, -0.05) is 22.4 Å². The van der Waals surface area contributed by atoms with Gasteiger partial charge in [-0.2, -0.15) is 4.98 Å². The molecule has 0 saturated carbocycles. The van der Waals surface area contributed by atoms with Crippen LogP contribution in [0.1, 0.15) is 21.9 Å². The summed E-state index contributed by atoms with van der Waals surface area (Å²) in [6.07, 6.45) is 0. The van der Waals surface area contributed by atoms with Crippen LogP contribution in [-0.4, -0.2) is 62.2 Å². The van der Waals surface area contributed by atoms with Crippen LogP contribution in [-0.2, 0) is 6.54 Å². The number of pyridine rings is 1. The van der Waals surface area contributed by atoms with E-state index in [1.165, 1.54) is 0 Å². The Bertz CT molecular complexity index is 1430. The van der Waals surface area contributed by atoms with Gasteiger partial charge in [-0.3, -0.25) is 9.69 Å². The first-order valence-corrected chi connectivity index (χ1v) is 12.6. The average Bonchev–Trinajstić information content (AvgIpc) is 3.66. The summed E-state index contributed by atoms with van der Waals surface area (Å²) in [7, 11) is 0. The fourth-order valence-electron chi connectivity index (χ4n) is 4.11. The summed E-state index contributed by atoms with van der Waals surface area (Å²) in [5, 5.41) is 12.8. The number of hydrogen-bond acceptors (Lipinski definition) is 10. The fraction of sp³-hybridized carbons (Fsp3) is 0.261. The van der Waals surface area contributed by atoms with Crippen molar-refractivity contribution in [1.29, 1.82) is 0 Å². The summed E-state index contributed by atoms with van der Waals surface area (Å²) >= 11 is 3.16. The number of fused-ring (bicyclic) bond motifs is 1. The van der Waals surface area contributed by atoms with Gasteiger partial charge in [0.05, 0.1) is 38.6 Å². The van der Waals surface area contributed by atoms with Crippen LogP contribution in [0, 0.1) is 6.92 Å². The molecule has 0 aliphatic carbocycles. The van der Waals surface area contributed by atoms with Crippen molar-refractivity contribution in [3.05, 3.63) is 58.2 Å². The van der Waals surface area contributed by atoms with E-state index in [1.807, 2.05) is 52.9 Å². The van der Waals surface area contributed by atoms with E-state index in [9.17, 15) is 4.79 Å². The molecule has 5 aromatic heterocycles. The summed E-state index contributed by atoms with van der Waals surface area (Å²) in [4.78, 5) is 28.7. The summed E-state index contributed by atoms with van der Waals surface area (Å²) < 4.78 is 10.9. The van der Waals surface area contributed by atoms with Crippen molar-refractivity contribution in [3.63, 3.8) is 0 Å². The second-order valence-electron chi connectivity index (χ2n) is 8.04. The van der Waals surface area contributed by atoms with Crippen molar-refractivity contribution in [1.82, 2.24) is 30.1 Å². The van der Waals surface area contributed by atoms with Gasteiger partial charge >= 0.3 is 0 Å². The first-order valence-electron chi connectivity index (χ1n) is 10.8. The first-order chi connectivity index (χ1) is 16.7. The van der Waals surface area contributed by atoms with Crippen LogP contribution in [0.15, 0.2) is 50.1 Å². The molecule has 0 bridgehead atoms. The van der Waals surface area contributed by atoms with Gasteiger partial charge in [-0.25, -0.2) is 4.98 Å². The molecule has 5 aromatic rings. The molecule has 1 amide bonds. The molecule has 0 radical (unpaired) electrons. The molecule has 0 atom stereocenters. The summed E-state index contributed by atoms with van der Waals surface area (Å²) in [5.41, 5.74) is 2.36. The third-order valence-corrected chi connectivity index (χ3v) is 7.61. The number of carbonyl (C=O) groups excluding carboxylic acids is 1. The largest absolute Gasteiger partial charge is 0.338 e. The highest BCUT2D eigenvalue weighted by Crippen LogP contribution is 2.30. The van der Waals surface area contributed by atoms with E-state index in [-0.39, 0.29) is 5.91 Å². The lowest BCUT2D eigenvalue weighted by Crippen LogP contribution is -2.48. The molecule has 6 heterocycles. The van der Waals surface area contributed by atoms with Crippen molar-refractivity contribution in [2.45, 2.75) is 13.5 Å². The van der Waals surface area contributed by atoms with Crippen LogP contribution < -0.4 is 0 Å². The van der Waals surface area contributed by atoms with Crippen LogP contribution >= 0.6 is 22.7 Å². The summed E-state index contributed by atoms with van der Waals surface area (Å²) in [5.74, 6) is 1.17. The lowest BCUT2D eigenvalue weighted by Gasteiger charge is -2.34. The third kappa shape index (κ3) is 3.91. The number of carbonyl (C=O) groups is 1. The van der Waals surface area contributed by atoms with Crippen LogP contribution in [0.25, 0.3) is 32.4 Å². The number of piperazine rings is 1. The number of thiophene rings is 2. The summed E-state index contributed by atoms with van der Waals surface area (Å²) in [6, 6.07) is 9.74. The summed E-state index contributed by atoms with van der Waals surface area (Å²) in [6.45, 7) is 5.05. The minimum atomic E-state index is -0.0334. The maximum atomic E-state index is 13.6. The molecule has 34 heavy (non-hydrogen) atoms. The number of aryl methyl sites for hydroxylation is 1. The van der Waals surface area contributed by atoms with Crippen LogP contribution in [0.2, 0.25) is 0 Å². The van der Waals surface area contributed by atoms with E-state index in [0.717, 1.165) is 28.5 Å². The Hall–Kier alpha value is -3.41. The van der Waals surface area contributed by atoms with Crippen LogP contribution in [0.4, 0.5) is 0 Å². The molecule has 0 unspecified atom stereocenters. The number of rotatable bonds is 5. The first kappa shape index (κ1) is 21.1. The Balaban J connectivity index is 1.17. The van der Waals surface area contributed by atoms with Gasteiger partial charge in [0.2, 0.25) is 11.7 Å². The molecule has 9 nitrogen and oxygen atoms in total. The molecule has 1 aliphatic heterocycles. The monoisotopic (exact) mass is 492 g/mol. The van der Waals surface area contributed by atoms with Crippen LogP contribution in [0.5, 0.6) is 0 Å². The lowest BCUT2D eigenvalue weighted by molar-refractivity contribution is 0.0617. The van der Waals surface area contributed by atoms with E-state index in [2.05, 4.69) is 25.2 Å². The smallest absolute Gasteiger partial charge is 0.259 e. The molecule has 11 heteroatoms. The molecule has 0 N–H and O–H groups in total. The zero-order valence-electron chi connectivity index (χ0n) is 18.3. The van der Waals surface area contributed by atoms with Crippen molar-refractivity contribution >= 4 is 39.7 Å². The molecule has 1 fully saturated rings. The van der Waals surface area contributed by atoms with Crippen molar-refractivity contribution in [3.8, 4) is 21.3 Å². The third-order valence-electron chi connectivity index (χ3n) is 5.85. The average molecular weight is 493 g/mol. The van der Waals surface area contributed by atoms with Gasteiger partial charge in [0.25, 0.3) is 11.6 Å². The molecule has 1 aliphatic rings. The van der Waals surface area contributed by atoms with E-state index < -0.39 is 0 Å². The Labute approximate surface area is 202 Å². The van der Waals surface area contributed by atoms with Gasteiger partial charge in [-0.05, 0) is 35.9 Å². The van der Waals surface area contributed by atoms with Gasteiger partial charge in [0, 0.05) is 26.2 Å². The predicted octanol–water partition coefficient (Wildman–Crippen LogP) is 4.33. The molecular formula is C23H20N6O3S2. The molecule has 6 rings (SSSR count). The van der Waals surface area contributed by atoms with Gasteiger partial charge in [-0.15, -0.1) is 22.7 Å². The van der Waals surface area contributed by atoms with E-state index in [4.69, 9.17) is 9.05 Å². The van der Waals surface area contributed by atoms with Gasteiger partial charge in [0.15, 0.2) is 0 Å². The Morgan fingerprint density at radius 3 is 2.50 bits per heavy atom.